The van der Waals surface area contributed by atoms with E-state index in [1.54, 1.807) is 0 Å². The van der Waals surface area contributed by atoms with Crippen LogP contribution in [0.5, 0.6) is 0 Å². The lowest BCUT2D eigenvalue weighted by atomic mass is 9.49. The standard InChI is InChI=1S/C16H20B2/c1-17(2)15-9-5-13(6-10-15)14-7-11-16(12-8-14)18(3)4/h5-12H,1-4H3. The zero-order valence-electron chi connectivity index (χ0n) is 11.8. The molecule has 0 aliphatic rings. The summed E-state index contributed by atoms with van der Waals surface area (Å²) in [4.78, 5) is 0. The maximum atomic E-state index is 2.23. The molecule has 90 valence electrons. The largest absolute Gasteiger partial charge is 0.169 e. The Kier molecular flexibility index (Phi) is 3.96. The van der Waals surface area contributed by atoms with Crippen LogP contribution >= 0.6 is 0 Å². The first-order chi connectivity index (χ1) is 8.58. The molecular weight excluding hydrogens is 214 g/mol. The summed E-state index contributed by atoms with van der Waals surface area (Å²) in [7, 11) is 0. The van der Waals surface area contributed by atoms with Crippen molar-refractivity contribution in [1.29, 1.82) is 0 Å². The molecule has 2 aromatic rings. The summed E-state index contributed by atoms with van der Waals surface area (Å²) in [5.74, 6) is 0. The Hall–Kier alpha value is -1.43. The minimum absolute atomic E-state index is 0.599. The van der Waals surface area contributed by atoms with Gasteiger partial charge in [-0.2, -0.15) is 0 Å². The monoisotopic (exact) mass is 234 g/mol. The highest BCUT2D eigenvalue weighted by Crippen LogP contribution is 2.17. The van der Waals surface area contributed by atoms with Gasteiger partial charge in [-0.15, -0.1) is 0 Å². The van der Waals surface area contributed by atoms with Crippen molar-refractivity contribution in [3.63, 3.8) is 0 Å². The third-order valence-corrected chi connectivity index (χ3v) is 3.49. The molecule has 0 aliphatic carbocycles. The molecule has 0 unspecified atom stereocenters. The number of benzene rings is 2. The van der Waals surface area contributed by atoms with Crippen LogP contribution < -0.4 is 10.9 Å². The Morgan fingerprint density at radius 3 is 1.00 bits per heavy atom. The van der Waals surface area contributed by atoms with Gasteiger partial charge >= 0.3 is 0 Å². The molecule has 0 saturated carbocycles. The minimum atomic E-state index is 0.599. The van der Waals surface area contributed by atoms with Crippen molar-refractivity contribution in [3.8, 4) is 11.1 Å². The van der Waals surface area contributed by atoms with Gasteiger partial charge in [-0.05, 0) is 11.1 Å². The molecule has 2 heteroatoms. The van der Waals surface area contributed by atoms with Gasteiger partial charge in [0.25, 0.3) is 0 Å². The summed E-state index contributed by atoms with van der Waals surface area (Å²) in [5, 5.41) is 0. The molecule has 0 aliphatic heterocycles. The highest BCUT2D eigenvalue weighted by atomic mass is 14.0. The van der Waals surface area contributed by atoms with Crippen molar-refractivity contribution >= 4 is 24.4 Å². The molecule has 0 heterocycles. The molecule has 0 N–H and O–H groups in total. The van der Waals surface area contributed by atoms with E-state index in [9.17, 15) is 0 Å². The van der Waals surface area contributed by atoms with E-state index in [1.165, 1.54) is 22.1 Å². The van der Waals surface area contributed by atoms with E-state index in [-0.39, 0.29) is 0 Å². The highest BCUT2D eigenvalue weighted by molar-refractivity contribution is 6.71. The minimum Gasteiger partial charge on any atom is -0.0819 e. The van der Waals surface area contributed by atoms with Crippen LogP contribution in [0.2, 0.25) is 27.3 Å². The molecule has 2 rings (SSSR count). The second-order valence-electron chi connectivity index (χ2n) is 5.55. The maximum absolute atomic E-state index is 2.23. The maximum Gasteiger partial charge on any atom is 0.169 e. The molecule has 0 amide bonds. The highest BCUT2D eigenvalue weighted by Gasteiger charge is 2.05. The number of rotatable bonds is 3. The average Bonchev–Trinajstić information content (AvgIpc) is 2.39. The van der Waals surface area contributed by atoms with Gasteiger partial charge in [0.15, 0.2) is 13.4 Å². The molecular formula is C16H20B2. The molecule has 18 heavy (non-hydrogen) atoms. The van der Waals surface area contributed by atoms with Crippen LogP contribution in [0.4, 0.5) is 0 Å². The van der Waals surface area contributed by atoms with Crippen LogP contribution in [0.25, 0.3) is 11.1 Å². The predicted octanol–water partition coefficient (Wildman–Crippen LogP) is 3.28. The molecule has 0 fully saturated rings. The zero-order valence-corrected chi connectivity index (χ0v) is 11.8. The Morgan fingerprint density at radius 2 is 0.778 bits per heavy atom. The molecule has 2 aromatic carbocycles. The van der Waals surface area contributed by atoms with Crippen LogP contribution in [0.1, 0.15) is 0 Å². The third kappa shape index (κ3) is 2.87. The van der Waals surface area contributed by atoms with E-state index in [0.717, 1.165) is 0 Å². The quantitative estimate of drug-likeness (QED) is 0.714. The van der Waals surface area contributed by atoms with Gasteiger partial charge in [-0.1, -0.05) is 86.7 Å². The molecule has 0 saturated heterocycles. The Bertz CT molecular complexity index is 446. The average molecular weight is 234 g/mol. The van der Waals surface area contributed by atoms with Crippen molar-refractivity contribution in [2.24, 2.45) is 0 Å². The third-order valence-electron chi connectivity index (χ3n) is 3.49. The molecule has 0 spiro atoms. The number of hydrogen-bond donors (Lipinski definition) is 0. The topological polar surface area (TPSA) is 0 Å². The van der Waals surface area contributed by atoms with Gasteiger partial charge in [0.2, 0.25) is 0 Å². The van der Waals surface area contributed by atoms with Crippen molar-refractivity contribution < 1.29 is 0 Å². The van der Waals surface area contributed by atoms with E-state index < -0.39 is 0 Å². The van der Waals surface area contributed by atoms with E-state index in [0.29, 0.717) is 13.4 Å². The summed E-state index contributed by atoms with van der Waals surface area (Å²) < 4.78 is 0. The fraction of sp³-hybridized carbons (Fsp3) is 0.250. The fourth-order valence-electron chi connectivity index (χ4n) is 2.12. The Balaban J connectivity index is 2.25. The van der Waals surface area contributed by atoms with Crippen LogP contribution in [0.15, 0.2) is 48.5 Å². The SMILES string of the molecule is CB(C)c1ccc(-c2ccc(B(C)C)cc2)cc1. The van der Waals surface area contributed by atoms with Crippen LogP contribution in [-0.2, 0) is 0 Å². The van der Waals surface area contributed by atoms with Gasteiger partial charge in [0.1, 0.15) is 0 Å². The normalized spacial score (nSPS) is 10.2. The lowest BCUT2D eigenvalue weighted by Crippen LogP contribution is -2.22. The van der Waals surface area contributed by atoms with Crippen LogP contribution in [-0.4, -0.2) is 13.4 Å². The van der Waals surface area contributed by atoms with E-state index in [1.807, 2.05) is 0 Å². The van der Waals surface area contributed by atoms with Gasteiger partial charge in [0, 0.05) is 0 Å². The lowest BCUT2D eigenvalue weighted by molar-refractivity contribution is 1.64. The summed E-state index contributed by atoms with van der Waals surface area (Å²) in [6.07, 6.45) is 0. The fourth-order valence-corrected chi connectivity index (χ4v) is 2.12. The molecule has 0 atom stereocenters. The summed E-state index contributed by atoms with van der Waals surface area (Å²) >= 11 is 0. The van der Waals surface area contributed by atoms with Crippen molar-refractivity contribution in [3.05, 3.63) is 48.5 Å². The summed E-state index contributed by atoms with van der Waals surface area (Å²) in [5.41, 5.74) is 5.40. The van der Waals surface area contributed by atoms with E-state index in [2.05, 4.69) is 75.8 Å². The van der Waals surface area contributed by atoms with E-state index >= 15 is 0 Å². The zero-order chi connectivity index (χ0) is 13.1. The first-order valence-electron chi connectivity index (χ1n) is 6.78. The predicted molar refractivity (Wildman–Crippen MR) is 86.1 cm³/mol. The Morgan fingerprint density at radius 1 is 0.500 bits per heavy atom. The molecule has 0 aromatic heterocycles. The lowest BCUT2D eigenvalue weighted by Gasteiger charge is -2.07. The Labute approximate surface area is 112 Å². The summed E-state index contributed by atoms with van der Waals surface area (Å²) in [6.45, 7) is 10.1. The molecule has 0 radical (unpaired) electrons. The van der Waals surface area contributed by atoms with Gasteiger partial charge < -0.3 is 0 Å². The molecule has 0 nitrogen and oxygen atoms in total. The van der Waals surface area contributed by atoms with Gasteiger partial charge in [0.05, 0.1) is 0 Å². The molecule has 0 bridgehead atoms. The number of hydrogen-bond acceptors (Lipinski definition) is 0. The van der Waals surface area contributed by atoms with Crippen molar-refractivity contribution in [2.45, 2.75) is 27.3 Å². The second-order valence-corrected chi connectivity index (χ2v) is 5.55. The van der Waals surface area contributed by atoms with Crippen molar-refractivity contribution in [1.82, 2.24) is 0 Å². The first kappa shape index (κ1) is 13.0. The van der Waals surface area contributed by atoms with Gasteiger partial charge in [-0.3, -0.25) is 0 Å². The second kappa shape index (κ2) is 5.48. The van der Waals surface area contributed by atoms with Crippen LogP contribution in [0.3, 0.4) is 0 Å². The summed E-state index contributed by atoms with van der Waals surface area (Å²) in [6, 6.07) is 17.8. The van der Waals surface area contributed by atoms with Gasteiger partial charge in [-0.25, -0.2) is 0 Å². The van der Waals surface area contributed by atoms with E-state index in [4.69, 9.17) is 0 Å². The first-order valence-corrected chi connectivity index (χ1v) is 6.78. The van der Waals surface area contributed by atoms with Crippen LogP contribution in [0, 0.1) is 0 Å². The smallest absolute Gasteiger partial charge is 0.0819 e. The van der Waals surface area contributed by atoms with Crippen molar-refractivity contribution in [2.75, 3.05) is 0 Å².